The topological polar surface area (TPSA) is 84.7 Å². The van der Waals surface area contributed by atoms with Crippen molar-refractivity contribution >= 4 is 5.91 Å². The Labute approximate surface area is 88.5 Å². The van der Waals surface area contributed by atoms with Crippen molar-refractivity contribution in [3.63, 3.8) is 0 Å². The molecule has 1 fully saturated rings. The highest BCUT2D eigenvalue weighted by Crippen LogP contribution is 2.25. The second kappa shape index (κ2) is 4.42. The van der Waals surface area contributed by atoms with Crippen molar-refractivity contribution < 1.29 is 4.79 Å². The molecule has 0 aliphatic heterocycles. The summed E-state index contributed by atoms with van der Waals surface area (Å²) < 4.78 is 0. The molecule has 2 rings (SSSR count). The van der Waals surface area contributed by atoms with Gasteiger partial charge in [0.05, 0.1) is 0 Å². The fourth-order valence-electron chi connectivity index (χ4n) is 2.16. The molecule has 1 heterocycles. The third-order valence-corrected chi connectivity index (χ3v) is 2.97. The first-order valence-electron chi connectivity index (χ1n) is 5.47. The van der Waals surface area contributed by atoms with Gasteiger partial charge in [-0.3, -0.25) is 4.79 Å². The summed E-state index contributed by atoms with van der Waals surface area (Å²) >= 11 is 0. The van der Waals surface area contributed by atoms with Gasteiger partial charge in [0.15, 0.2) is 0 Å². The van der Waals surface area contributed by atoms with E-state index in [1.54, 1.807) is 0 Å². The molecule has 0 radical (unpaired) electrons. The number of nitrogens with one attached hydrogen (secondary N) is 1. The summed E-state index contributed by atoms with van der Waals surface area (Å²) in [7, 11) is 0. The van der Waals surface area contributed by atoms with Gasteiger partial charge in [0.2, 0.25) is 5.82 Å². The molecule has 82 valence electrons. The molecule has 0 spiro atoms. The van der Waals surface area contributed by atoms with Crippen LogP contribution < -0.4 is 5.73 Å². The predicted octanol–water partition coefficient (Wildman–Crippen LogP) is 1.03. The van der Waals surface area contributed by atoms with Crippen LogP contribution in [0, 0.1) is 5.92 Å². The van der Waals surface area contributed by atoms with Gasteiger partial charge in [-0.25, -0.2) is 0 Å². The molecule has 15 heavy (non-hydrogen) atoms. The largest absolute Gasteiger partial charge is 0.363 e. The smallest absolute Gasteiger partial charge is 0.286 e. The number of nitrogens with two attached hydrogens (primary N) is 1. The number of amides is 1. The molecular formula is C10H16N4O. The van der Waals surface area contributed by atoms with E-state index in [4.69, 9.17) is 5.73 Å². The lowest BCUT2D eigenvalue weighted by Gasteiger charge is -2.19. The van der Waals surface area contributed by atoms with Gasteiger partial charge in [0.25, 0.3) is 5.91 Å². The summed E-state index contributed by atoms with van der Waals surface area (Å²) in [5.74, 6) is 1.10. The van der Waals surface area contributed by atoms with Gasteiger partial charge in [0, 0.05) is 6.42 Å². The molecule has 3 N–H and O–H groups in total. The highest BCUT2D eigenvalue weighted by Gasteiger charge is 2.16. The van der Waals surface area contributed by atoms with Crippen molar-refractivity contribution in [2.75, 3.05) is 0 Å². The van der Waals surface area contributed by atoms with Gasteiger partial charge >= 0.3 is 0 Å². The molecule has 1 amide bonds. The molecule has 0 unspecified atom stereocenters. The van der Waals surface area contributed by atoms with E-state index in [-0.39, 0.29) is 5.82 Å². The molecule has 5 heteroatoms. The van der Waals surface area contributed by atoms with Gasteiger partial charge in [-0.15, -0.1) is 10.2 Å². The zero-order valence-corrected chi connectivity index (χ0v) is 8.70. The van der Waals surface area contributed by atoms with Gasteiger partial charge in [-0.1, -0.05) is 32.1 Å². The van der Waals surface area contributed by atoms with Crippen LogP contribution in [0.1, 0.15) is 48.5 Å². The van der Waals surface area contributed by atoms with Crippen molar-refractivity contribution in [2.24, 2.45) is 11.7 Å². The summed E-state index contributed by atoms with van der Waals surface area (Å²) in [6, 6.07) is 0. The first-order chi connectivity index (χ1) is 7.25. The van der Waals surface area contributed by atoms with E-state index in [1.165, 1.54) is 32.1 Å². The van der Waals surface area contributed by atoms with Crippen LogP contribution >= 0.6 is 0 Å². The fourth-order valence-corrected chi connectivity index (χ4v) is 2.16. The molecular weight excluding hydrogens is 192 g/mol. The number of carbonyl (C=O) groups excluding carboxylic acids is 1. The van der Waals surface area contributed by atoms with Gasteiger partial charge in [-0.2, -0.15) is 0 Å². The number of carbonyl (C=O) groups is 1. The monoisotopic (exact) mass is 208 g/mol. The molecule has 1 aliphatic carbocycles. The Morgan fingerprint density at radius 3 is 2.67 bits per heavy atom. The van der Waals surface area contributed by atoms with E-state index in [0.717, 1.165) is 12.2 Å². The maximum atomic E-state index is 10.8. The van der Waals surface area contributed by atoms with E-state index < -0.39 is 5.91 Å². The van der Waals surface area contributed by atoms with E-state index in [2.05, 4.69) is 15.2 Å². The average molecular weight is 208 g/mol. The molecule has 0 bridgehead atoms. The summed E-state index contributed by atoms with van der Waals surface area (Å²) in [6.45, 7) is 0. The van der Waals surface area contributed by atoms with E-state index in [1.807, 2.05) is 0 Å². The van der Waals surface area contributed by atoms with Crippen LogP contribution in [0.4, 0.5) is 0 Å². The second-order valence-corrected chi connectivity index (χ2v) is 4.19. The maximum Gasteiger partial charge on any atom is 0.286 e. The van der Waals surface area contributed by atoms with Gasteiger partial charge in [-0.05, 0) is 5.92 Å². The lowest BCUT2D eigenvalue weighted by atomic mass is 9.87. The van der Waals surface area contributed by atoms with Crippen molar-refractivity contribution in [3.8, 4) is 0 Å². The zero-order chi connectivity index (χ0) is 10.7. The van der Waals surface area contributed by atoms with E-state index in [9.17, 15) is 4.79 Å². The zero-order valence-electron chi connectivity index (χ0n) is 8.70. The summed E-state index contributed by atoms with van der Waals surface area (Å²) in [4.78, 5) is 13.7. The lowest BCUT2D eigenvalue weighted by molar-refractivity contribution is 0.0990. The minimum absolute atomic E-state index is 0.167. The first-order valence-corrected chi connectivity index (χ1v) is 5.47. The third kappa shape index (κ3) is 2.55. The number of H-pyrrole nitrogens is 1. The van der Waals surface area contributed by atoms with Gasteiger partial charge in [0.1, 0.15) is 5.82 Å². The molecule has 0 atom stereocenters. The summed E-state index contributed by atoms with van der Waals surface area (Å²) in [5, 5.41) is 7.63. The Morgan fingerprint density at radius 1 is 1.33 bits per heavy atom. The highest BCUT2D eigenvalue weighted by molar-refractivity contribution is 5.88. The number of rotatable bonds is 3. The maximum absolute atomic E-state index is 10.8. The predicted molar refractivity (Wildman–Crippen MR) is 55.2 cm³/mol. The third-order valence-electron chi connectivity index (χ3n) is 2.97. The van der Waals surface area contributed by atoms with Crippen LogP contribution in [-0.2, 0) is 6.42 Å². The fraction of sp³-hybridized carbons (Fsp3) is 0.700. The van der Waals surface area contributed by atoms with Crippen molar-refractivity contribution in [2.45, 2.75) is 38.5 Å². The lowest BCUT2D eigenvalue weighted by Crippen LogP contribution is -2.13. The minimum atomic E-state index is -0.544. The van der Waals surface area contributed by atoms with Crippen LogP contribution in [0.3, 0.4) is 0 Å². The summed E-state index contributed by atoms with van der Waals surface area (Å²) in [6.07, 6.45) is 7.36. The number of aromatic amines is 1. The van der Waals surface area contributed by atoms with Crippen molar-refractivity contribution in [1.29, 1.82) is 0 Å². The van der Waals surface area contributed by atoms with Crippen LogP contribution in [-0.4, -0.2) is 21.1 Å². The Hall–Kier alpha value is -1.39. The quantitative estimate of drug-likeness (QED) is 0.777. The number of aromatic nitrogens is 3. The normalized spacial score (nSPS) is 17.9. The highest BCUT2D eigenvalue weighted by atomic mass is 16.1. The van der Waals surface area contributed by atoms with Crippen LogP contribution in [0.15, 0.2) is 0 Å². The van der Waals surface area contributed by atoms with E-state index in [0.29, 0.717) is 5.92 Å². The Bertz CT molecular complexity index is 341. The molecule has 0 aromatic carbocycles. The van der Waals surface area contributed by atoms with Crippen LogP contribution in [0.2, 0.25) is 0 Å². The SMILES string of the molecule is NC(=O)c1nnc(CC2CCCCC2)[nH]1. The average Bonchev–Trinajstić information content (AvgIpc) is 2.68. The second-order valence-electron chi connectivity index (χ2n) is 4.19. The van der Waals surface area contributed by atoms with Crippen LogP contribution in [0.25, 0.3) is 0 Å². The molecule has 1 aromatic heterocycles. The van der Waals surface area contributed by atoms with Gasteiger partial charge < -0.3 is 10.7 Å². The Kier molecular flexibility index (Phi) is 2.99. The van der Waals surface area contributed by atoms with E-state index >= 15 is 0 Å². The standard InChI is InChI=1S/C10H16N4O/c11-9(15)10-12-8(13-14-10)6-7-4-2-1-3-5-7/h7H,1-6H2,(H2,11,15)(H,12,13,14). The number of primary amides is 1. The van der Waals surface area contributed by atoms with Crippen LogP contribution in [0.5, 0.6) is 0 Å². The Morgan fingerprint density at radius 2 is 2.07 bits per heavy atom. The number of nitrogens with zero attached hydrogens (tertiary/aromatic N) is 2. The van der Waals surface area contributed by atoms with Crippen molar-refractivity contribution in [3.05, 3.63) is 11.6 Å². The molecule has 1 saturated carbocycles. The summed E-state index contributed by atoms with van der Waals surface area (Å²) in [5.41, 5.74) is 5.09. The molecule has 0 saturated heterocycles. The first kappa shape index (κ1) is 10.1. The number of hydrogen-bond donors (Lipinski definition) is 2. The molecule has 1 aliphatic rings. The van der Waals surface area contributed by atoms with Crippen molar-refractivity contribution in [1.82, 2.24) is 15.2 Å². The molecule has 1 aromatic rings. The minimum Gasteiger partial charge on any atom is -0.363 e. The molecule has 5 nitrogen and oxygen atoms in total. The number of hydrogen-bond acceptors (Lipinski definition) is 3. The Balaban J connectivity index is 1.94.